The van der Waals surface area contributed by atoms with Gasteiger partial charge in [0.2, 0.25) is 17.6 Å². The van der Waals surface area contributed by atoms with Crippen LogP contribution < -0.4 is 42.5 Å². The van der Waals surface area contributed by atoms with Gasteiger partial charge in [0, 0.05) is 66.7 Å². The third kappa shape index (κ3) is 15.6. The monoisotopic (exact) mass is 1540 g/mol. The number of aromatic hydroxyl groups is 3. The number of rotatable bonds is 13. The van der Waals surface area contributed by atoms with Crippen LogP contribution in [0.3, 0.4) is 0 Å². The lowest BCUT2D eigenvalue weighted by molar-refractivity contribution is -0.121. The number of thioether (sulfide) groups is 1. The second-order valence-electron chi connectivity index (χ2n) is 21.5. The van der Waals surface area contributed by atoms with Crippen molar-refractivity contribution in [2.45, 2.75) is 13.8 Å². The van der Waals surface area contributed by atoms with E-state index in [0.717, 1.165) is 89.3 Å². The summed E-state index contributed by atoms with van der Waals surface area (Å²) in [5.74, 6) is 1.42. The number of nitrogens with one attached hydrogen (secondary N) is 1. The number of amides is 2. The molecular formula is C71H54BrFN14O5S8. The Balaban J connectivity index is 0.000000127. The topological polar surface area (TPSA) is 220 Å². The number of hydrogen-bond acceptors (Lipinski definition) is 21. The van der Waals surface area contributed by atoms with Crippen LogP contribution in [0.4, 0.5) is 10.1 Å². The molecule has 4 N–H and O–H groups in total. The summed E-state index contributed by atoms with van der Waals surface area (Å²) in [4.78, 5) is 61.9. The number of benzene rings is 7. The van der Waals surface area contributed by atoms with Crippen LogP contribution in [0.25, 0.3) is 46.7 Å². The van der Waals surface area contributed by atoms with Crippen molar-refractivity contribution in [1.82, 2.24) is 28.3 Å². The molecule has 1 saturated heterocycles. The Morgan fingerprint density at radius 3 is 1.47 bits per heavy atom. The van der Waals surface area contributed by atoms with E-state index < -0.39 is 0 Å². The summed E-state index contributed by atoms with van der Waals surface area (Å²) in [5.41, 5.74) is 7.58. The number of aromatic nitrogens is 5. The number of para-hydroxylation sites is 8. The first kappa shape index (κ1) is 69.9. The molecule has 500 valence electrons. The molecule has 0 radical (unpaired) electrons. The number of thiazole rings is 3. The van der Waals surface area contributed by atoms with Crippen LogP contribution in [0.2, 0.25) is 0 Å². The largest absolute Gasteiger partial charge is 0.493 e. The smallest absolute Gasteiger partial charge is 0.270 e. The van der Waals surface area contributed by atoms with Crippen LogP contribution >= 0.6 is 111 Å². The van der Waals surface area contributed by atoms with Gasteiger partial charge >= 0.3 is 0 Å². The zero-order valence-corrected chi connectivity index (χ0v) is 61.0. The molecule has 1 fully saturated rings. The number of anilines is 1. The van der Waals surface area contributed by atoms with E-state index in [4.69, 9.17) is 48.9 Å². The van der Waals surface area contributed by atoms with Gasteiger partial charge in [-0.15, -0.1) is 29.3 Å². The fourth-order valence-corrected chi connectivity index (χ4v) is 15.5. The van der Waals surface area contributed by atoms with Crippen molar-refractivity contribution in [2.24, 2.45) is 37.0 Å². The van der Waals surface area contributed by atoms with Crippen LogP contribution in [0.5, 0.6) is 17.6 Å². The number of nitrogens with zero attached hydrogens (tertiary/aromatic N) is 13. The number of imidazole rings is 1. The van der Waals surface area contributed by atoms with Crippen LogP contribution in [0.15, 0.2) is 239 Å². The zero-order chi connectivity index (χ0) is 70.3. The Labute approximate surface area is 615 Å². The first-order valence-electron chi connectivity index (χ1n) is 30.4. The molecule has 0 unspecified atom stereocenters. The van der Waals surface area contributed by atoms with Crippen LogP contribution in [0, 0.1) is 17.7 Å². The highest BCUT2D eigenvalue weighted by molar-refractivity contribution is 9.10. The number of carbonyl (C=O) groups is 2. The van der Waals surface area contributed by atoms with E-state index in [9.17, 15) is 29.3 Å². The highest BCUT2D eigenvalue weighted by Crippen LogP contribution is 2.36. The van der Waals surface area contributed by atoms with Crippen molar-refractivity contribution in [3.05, 3.63) is 285 Å². The van der Waals surface area contributed by atoms with Crippen molar-refractivity contribution < 1.29 is 29.3 Å². The van der Waals surface area contributed by atoms with Crippen molar-refractivity contribution in [3.63, 3.8) is 0 Å². The van der Waals surface area contributed by atoms with Crippen molar-refractivity contribution in [2.75, 3.05) is 30.0 Å². The molecule has 0 bridgehead atoms. The van der Waals surface area contributed by atoms with E-state index in [1.807, 2.05) is 121 Å². The fraction of sp³-hybridized carbons (Fsp3) is 0.0845. The van der Waals surface area contributed by atoms with Gasteiger partial charge in [-0.2, -0.15) is 4.68 Å². The highest BCUT2D eigenvalue weighted by atomic mass is 79.9. The number of halogens is 2. The molecule has 29 heteroatoms. The lowest BCUT2D eigenvalue weighted by Crippen LogP contribution is -2.27. The molecule has 0 saturated carbocycles. The second-order valence-corrected chi connectivity index (χ2v) is 29.1. The van der Waals surface area contributed by atoms with Gasteiger partial charge in [0.05, 0.1) is 74.1 Å². The van der Waals surface area contributed by atoms with Gasteiger partial charge in [0.15, 0.2) is 29.3 Å². The molecule has 2 amide bonds. The first-order chi connectivity index (χ1) is 48.3. The van der Waals surface area contributed by atoms with Crippen molar-refractivity contribution in [3.8, 4) is 29.0 Å². The molecule has 11 aromatic rings. The summed E-state index contributed by atoms with van der Waals surface area (Å²) in [7, 11) is 1.94. The Bertz CT molecular complexity index is 5720. The second kappa shape index (κ2) is 31.1. The van der Waals surface area contributed by atoms with Gasteiger partial charge in [-0.25, -0.2) is 39.3 Å². The summed E-state index contributed by atoms with van der Waals surface area (Å²) < 4.78 is 22.2. The van der Waals surface area contributed by atoms with Crippen molar-refractivity contribution in [1.29, 1.82) is 0 Å². The SMILES string of the molecule is C=CCN1C(=O)/C(=C/c2nc3ccccc3n2C)SC1=S.CCN(CC)c1ccc(-n2c(O)c(C=C3N=c4ccccc4=N3)sc2=S)cc1.O=C(Nn1c(O)c(C=C2N=c3ccccc3=N2)sc1=S)c1ccc(Br)cc1.Oc1c(C=C2N=c3ccccc3=N2)sc(=S)n1-c1ccc(F)cc1. The third-order valence-electron chi connectivity index (χ3n) is 15.2. The molecule has 0 aliphatic carbocycles. The van der Waals surface area contributed by atoms with Gasteiger partial charge in [-0.1, -0.05) is 106 Å². The first-order valence-corrected chi connectivity index (χ1v) is 36.1. The van der Waals surface area contributed by atoms with E-state index in [2.05, 4.69) is 93.8 Å². The lowest BCUT2D eigenvalue weighted by Gasteiger charge is -2.21. The van der Waals surface area contributed by atoms with E-state index in [1.165, 1.54) is 55.8 Å². The number of thiocarbonyl (C=S) groups is 1. The minimum absolute atomic E-state index is 0.00883. The summed E-state index contributed by atoms with van der Waals surface area (Å²) >= 11 is 29.7. The number of hydrogen-bond donors (Lipinski definition) is 4. The Kier molecular flexibility index (Phi) is 21.7. The predicted octanol–water partition coefficient (Wildman–Crippen LogP) is 13.8. The average Bonchev–Trinajstić information content (AvgIpc) is 1.65. The maximum Gasteiger partial charge on any atom is 0.270 e. The molecule has 4 aliphatic heterocycles. The maximum atomic E-state index is 13.1. The molecule has 19 nitrogen and oxygen atoms in total. The minimum atomic E-state index is -0.381. The van der Waals surface area contributed by atoms with Crippen LogP contribution in [-0.2, 0) is 11.8 Å². The summed E-state index contributed by atoms with van der Waals surface area (Å²) in [6.07, 6.45) is 8.57. The molecule has 0 atom stereocenters. The van der Waals surface area contributed by atoms with E-state index in [0.29, 0.717) is 71.0 Å². The summed E-state index contributed by atoms with van der Waals surface area (Å²) in [5, 5.41) is 36.6. The van der Waals surface area contributed by atoms with Crippen molar-refractivity contribution >= 4 is 168 Å². The van der Waals surface area contributed by atoms with Crippen LogP contribution in [-0.4, -0.2) is 79.4 Å². The highest BCUT2D eigenvalue weighted by Gasteiger charge is 2.31. The number of aryl methyl sites for hydroxylation is 1. The fourth-order valence-electron chi connectivity index (χ4n) is 10.3. The van der Waals surface area contributed by atoms with Crippen LogP contribution in [0.1, 0.15) is 44.7 Å². The average molecular weight is 1540 g/mol. The third-order valence-corrected chi connectivity index (χ3v) is 21.0. The predicted molar refractivity (Wildman–Crippen MR) is 409 cm³/mol. The maximum absolute atomic E-state index is 13.1. The summed E-state index contributed by atoms with van der Waals surface area (Å²) in [6, 6.07) is 51.3. The standard InChI is InChI=1S/C21H20N4OS2.C18H11BrN4O2S2.C17H10FN3OS2.C15H13N3OS2/c1-3-24(4-2)14-9-11-15(12-10-14)25-20(26)18(28-21(25)27)13-19-22-16-7-5-6-8-17(16)23-19;19-11-7-5-10(6-8-11)16(24)22-23-17(25)14(27-18(23)26)9-15-20-12-3-1-2-4-13(12)21-15;18-10-5-7-11(8-6-10)21-16(22)14(24-17(21)23)9-15-19-12-3-1-2-4-13(12)20-15;1-3-8-18-14(19)12(21-15(18)20)9-13-16-10-6-4-5-7-11(10)17(13)2/h5-13,26H,3-4H2,1-2H3;1-9,25H,(H,22,24);1-9,22H;3-7,9H,1,8H2,2H3/b;;;12-9-. The zero-order valence-electron chi connectivity index (χ0n) is 52.9. The minimum Gasteiger partial charge on any atom is -0.493 e. The number of fused-ring (bicyclic) bond motifs is 4. The Morgan fingerprint density at radius 2 is 1.02 bits per heavy atom. The molecule has 4 aliphatic rings. The van der Waals surface area contributed by atoms with Gasteiger partial charge in [-0.3, -0.25) is 29.0 Å². The Hall–Kier alpha value is -9.95. The summed E-state index contributed by atoms with van der Waals surface area (Å²) in [6.45, 7) is 10.3. The van der Waals surface area contributed by atoms with E-state index in [-0.39, 0.29) is 35.3 Å². The van der Waals surface area contributed by atoms with Gasteiger partial charge in [0.1, 0.15) is 16.0 Å². The van der Waals surface area contributed by atoms with E-state index >= 15 is 0 Å². The quantitative estimate of drug-likeness (QED) is 0.0481. The lowest BCUT2D eigenvalue weighted by atomic mass is 10.2. The molecule has 7 aromatic carbocycles. The molecule has 4 aromatic heterocycles. The van der Waals surface area contributed by atoms with E-state index in [1.54, 1.807) is 76.2 Å². The molecule has 0 spiro atoms. The molecule has 100 heavy (non-hydrogen) atoms. The number of carbonyl (C=O) groups excluding carboxylic acids is 2. The molecule has 8 heterocycles. The Morgan fingerprint density at radius 1 is 0.590 bits per heavy atom. The normalized spacial score (nSPS) is 13.3. The van der Waals surface area contributed by atoms with Gasteiger partial charge in [0.25, 0.3) is 11.8 Å². The van der Waals surface area contributed by atoms with Gasteiger partial charge in [-0.05, 0) is 172 Å². The van der Waals surface area contributed by atoms with Gasteiger partial charge < -0.3 is 24.8 Å². The molecular weight excluding hydrogens is 1480 g/mol. The molecule has 15 rings (SSSR count).